The summed E-state index contributed by atoms with van der Waals surface area (Å²) in [6, 6.07) is 21.0. The Balaban J connectivity index is 1.58. The average molecular weight is 597 g/mol. The molecule has 214 valence electrons. The van der Waals surface area contributed by atoms with Crippen molar-refractivity contribution < 1.29 is 31.1 Å². The number of amides is 1. The number of hydrogen-bond donors (Lipinski definition) is 2. The minimum atomic E-state index is -4.18. The molecule has 4 rings (SSSR count). The second-order valence-electron chi connectivity index (χ2n) is 8.76. The van der Waals surface area contributed by atoms with Gasteiger partial charge in [-0.05, 0) is 67.6 Å². The number of anilines is 3. The lowest BCUT2D eigenvalue weighted by atomic mass is 10.2. The Hall–Kier alpha value is -4.62. The molecular formula is C28H28N4O7S2. The van der Waals surface area contributed by atoms with E-state index in [4.69, 9.17) is 9.47 Å². The second-order valence-corrected chi connectivity index (χ2v) is 12.3. The van der Waals surface area contributed by atoms with Gasteiger partial charge in [-0.1, -0.05) is 23.8 Å². The molecule has 3 aromatic carbocycles. The van der Waals surface area contributed by atoms with Crippen molar-refractivity contribution in [2.24, 2.45) is 0 Å². The first kappa shape index (κ1) is 29.4. The summed E-state index contributed by atoms with van der Waals surface area (Å²) in [6.07, 6.45) is 1.46. The maximum absolute atomic E-state index is 13.7. The summed E-state index contributed by atoms with van der Waals surface area (Å²) >= 11 is 0. The van der Waals surface area contributed by atoms with Gasteiger partial charge in [0.05, 0.1) is 29.7 Å². The van der Waals surface area contributed by atoms with E-state index in [-0.39, 0.29) is 32.7 Å². The molecule has 0 saturated carbocycles. The Bertz CT molecular complexity index is 1730. The molecule has 1 heterocycles. The molecule has 0 unspecified atom stereocenters. The van der Waals surface area contributed by atoms with Gasteiger partial charge in [0.15, 0.2) is 11.5 Å². The first-order chi connectivity index (χ1) is 19.5. The van der Waals surface area contributed by atoms with Crippen molar-refractivity contribution in [2.75, 3.05) is 35.1 Å². The monoisotopic (exact) mass is 596 g/mol. The number of benzene rings is 3. The fraction of sp³-hybridized carbons (Fsp3) is 0.143. The van der Waals surface area contributed by atoms with E-state index in [1.807, 2.05) is 6.92 Å². The van der Waals surface area contributed by atoms with Gasteiger partial charge in [0.1, 0.15) is 12.4 Å². The molecule has 0 spiro atoms. The zero-order valence-corrected chi connectivity index (χ0v) is 24.1. The van der Waals surface area contributed by atoms with Gasteiger partial charge < -0.3 is 14.8 Å². The topological polar surface area (TPSA) is 144 Å². The molecule has 41 heavy (non-hydrogen) atoms. The van der Waals surface area contributed by atoms with Crippen LogP contribution < -0.4 is 23.8 Å². The highest BCUT2D eigenvalue weighted by atomic mass is 32.2. The highest BCUT2D eigenvalue weighted by Gasteiger charge is 2.28. The van der Waals surface area contributed by atoms with Crippen LogP contribution in [0.2, 0.25) is 0 Å². The van der Waals surface area contributed by atoms with Crippen molar-refractivity contribution in [3.8, 4) is 11.5 Å². The van der Waals surface area contributed by atoms with Crippen LogP contribution in [0.15, 0.2) is 101 Å². The molecule has 2 N–H and O–H groups in total. The molecule has 13 heteroatoms. The molecule has 0 aliphatic rings. The molecule has 11 nitrogen and oxygen atoms in total. The van der Waals surface area contributed by atoms with Crippen LogP contribution in [0.25, 0.3) is 0 Å². The third-order valence-electron chi connectivity index (χ3n) is 5.90. The molecule has 1 amide bonds. The van der Waals surface area contributed by atoms with Crippen LogP contribution in [0.4, 0.5) is 17.2 Å². The van der Waals surface area contributed by atoms with E-state index < -0.39 is 32.5 Å². The first-order valence-corrected chi connectivity index (χ1v) is 15.1. The van der Waals surface area contributed by atoms with Crippen molar-refractivity contribution in [3.63, 3.8) is 0 Å². The number of nitrogens with one attached hydrogen (secondary N) is 2. The SMILES string of the molecule is COc1ccc(N(CC(=O)Nc2ccc(S(=O)(=O)Nc3ccccn3)cc2)S(=O)(=O)c2ccc(C)cc2)cc1OC. The quantitative estimate of drug-likeness (QED) is 0.264. The number of sulfonamides is 2. The minimum absolute atomic E-state index is 0.000602. The standard InChI is InChI=1S/C28H28N4O7S2/c1-20-7-12-24(13-8-20)41(36,37)32(22-11-16-25(38-2)26(18-22)39-3)19-28(33)30-21-9-14-23(15-10-21)40(34,35)31-27-6-4-5-17-29-27/h4-18H,19H2,1-3H3,(H,29,31)(H,30,33). The predicted molar refractivity (Wildman–Crippen MR) is 155 cm³/mol. The van der Waals surface area contributed by atoms with Crippen molar-refractivity contribution in [2.45, 2.75) is 16.7 Å². The zero-order chi connectivity index (χ0) is 29.6. The molecule has 1 aromatic heterocycles. The number of carbonyl (C=O) groups excluding carboxylic acids is 1. The number of hydrogen-bond acceptors (Lipinski definition) is 8. The largest absolute Gasteiger partial charge is 0.493 e. The maximum Gasteiger partial charge on any atom is 0.264 e. The molecule has 0 radical (unpaired) electrons. The summed E-state index contributed by atoms with van der Waals surface area (Å²) in [5.74, 6) is 0.180. The van der Waals surface area contributed by atoms with Gasteiger partial charge >= 0.3 is 0 Å². The van der Waals surface area contributed by atoms with Crippen LogP contribution in [0.3, 0.4) is 0 Å². The third kappa shape index (κ3) is 6.94. The summed E-state index contributed by atoms with van der Waals surface area (Å²) in [5.41, 5.74) is 1.33. The van der Waals surface area contributed by atoms with Crippen molar-refractivity contribution in [1.29, 1.82) is 0 Å². The van der Waals surface area contributed by atoms with Gasteiger partial charge in [-0.25, -0.2) is 21.8 Å². The van der Waals surface area contributed by atoms with Crippen molar-refractivity contribution >= 4 is 43.1 Å². The summed E-state index contributed by atoms with van der Waals surface area (Å²) in [4.78, 5) is 17.0. The van der Waals surface area contributed by atoms with Crippen molar-refractivity contribution in [3.05, 3.63) is 96.7 Å². The predicted octanol–water partition coefficient (Wildman–Crippen LogP) is 4.04. The lowest BCUT2D eigenvalue weighted by molar-refractivity contribution is -0.114. The van der Waals surface area contributed by atoms with E-state index in [0.717, 1.165) is 9.87 Å². The number of methoxy groups -OCH3 is 2. The molecule has 0 aliphatic carbocycles. The lowest BCUT2D eigenvalue weighted by Crippen LogP contribution is -2.38. The summed E-state index contributed by atoms with van der Waals surface area (Å²) < 4.78 is 66.6. The zero-order valence-electron chi connectivity index (χ0n) is 22.4. The highest BCUT2D eigenvalue weighted by molar-refractivity contribution is 7.93. The van der Waals surface area contributed by atoms with Crippen LogP contribution in [0.1, 0.15) is 5.56 Å². The Kier molecular flexibility index (Phi) is 8.79. The van der Waals surface area contributed by atoms with Crippen LogP contribution in [0.5, 0.6) is 11.5 Å². The number of nitrogens with zero attached hydrogens (tertiary/aromatic N) is 2. The van der Waals surface area contributed by atoms with Crippen LogP contribution >= 0.6 is 0 Å². The molecule has 4 aromatic rings. The van der Waals surface area contributed by atoms with E-state index >= 15 is 0 Å². The number of carbonyl (C=O) groups is 1. The lowest BCUT2D eigenvalue weighted by Gasteiger charge is -2.25. The van der Waals surface area contributed by atoms with Gasteiger partial charge in [-0.3, -0.25) is 13.8 Å². The number of ether oxygens (including phenoxy) is 2. The van der Waals surface area contributed by atoms with Gasteiger partial charge in [-0.15, -0.1) is 0 Å². The fourth-order valence-electron chi connectivity index (χ4n) is 3.80. The van der Waals surface area contributed by atoms with E-state index in [1.54, 1.807) is 30.3 Å². The normalized spacial score (nSPS) is 11.4. The van der Waals surface area contributed by atoms with E-state index in [1.165, 1.54) is 75.0 Å². The van der Waals surface area contributed by atoms with Gasteiger partial charge in [0, 0.05) is 18.0 Å². The summed E-state index contributed by atoms with van der Waals surface area (Å²) in [5, 5.41) is 2.63. The Labute approximate surface area is 238 Å². The minimum Gasteiger partial charge on any atom is -0.493 e. The van der Waals surface area contributed by atoms with Gasteiger partial charge in [0.2, 0.25) is 5.91 Å². The van der Waals surface area contributed by atoms with Crippen LogP contribution in [0, 0.1) is 6.92 Å². The smallest absolute Gasteiger partial charge is 0.264 e. The average Bonchev–Trinajstić information content (AvgIpc) is 2.96. The molecular weight excluding hydrogens is 568 g/mol. The molecule has 0 saturated heterocycles. The highest BCUT2D eigenvalue weighted by Crippen LogP contribution is 2.34. The number of rotatable bonds is 11. The number of aryl methyl sites for hydroxylation is 1. The van der Waals surface area contributed by atoms with E-state index in [9.17, 15) is 21.6 Å². The maximum atomic E-state index is 13.7. The Morgan fingerprint density at radius 1 is 0.829 bits per heavy atom. The van der Waals surface area contributed by atoms with E-state index in [0.29, 0.717) is 5.75 Å². The van der Waals surface area contributed by atoms with Crippen molar-refractivity contribution in [1.82, 2.24) is 4.98 Å². The third-order valence-corrected chi connectivity index (χ3v) is 9.06. The number of pyridine rings is 1. The Morgan fingerprint density at radius 3 is 2.10 bits per heavy atom. The summed E-state index contributed by atoms with van der Waals surface area (Å²) in [7, 11) is -5.22. The number of aromatic nitrogens is 1. The molecule has 0 fully saturated rings. The van der Waals surface area contributed by atoms with Crippen LogP contribution in [-0.2, 0) is 24.8 Å². The Morgan fingerprint density at radius 2 is 1.49 bits per heavy atom. The van der Waals surface area contributed by atoms with Gasteiger partial charge in [0.25, 0.3) is 20.0 Å². The second kappa shape index (κ2) is 12.3. The van der Waals surface area contributed by atoms with Crippen LogP contribution in [-0.4, -0.2) is 48.5 Å². The summed E-state index contributed by atoms with van der Waals surface area (Å²) in [6.45, 7) is 1.26. The first-order valence-electron chi connectivity index (χ1n) is 12.2. The molecule has 0 atom stereocenters. The molecule has 0 bridgehead atoms. The molecule has 0 aliphatic heterocycles. The van der Waals surface area contributed by atoms with E-state index in [2.05, 4.69) is 15.0 Å². The fourth-order valence-corrected chi connectivity index (χ4v) is 6.22. The van der Waals surface area contributed by atoms with Gasteiger partial charge in [-0.2, -0.15) is 0 Å².